The Morgan fingerprint density at radius 3 is 3.00 bits per heavy atom. The van der Waals surface area contributed by atoms with Gasteiger partial charge in [0, 0.05) is 13.6 Å². The minimum absolute atomic E-state index is 0.144. The maximum Gasteiger partial charge on any atom is 0.241 e. The number of amides is 1. The van der Waals surface area contributed by atoms with Crippen LogP contribution in [-0.4, -0.2) is 47.1 Å². The summed E-state index contributed by atoms with van der Waals surface area (Å²) >= 11 is 0. The Labute approximate surface area is 136 Å². The van der Waals surface area contributed by atoms with Crippen LogP contribution in [0.4, 0.5) is 5.69 Å². The smallest absolute Gasteiger partial charge is 0.241 e. The van der Waals surface area contributed by atoms with Crippen molar-refractivity contribution in [3.63, 3.8) is 0 Å². The summed E-state index contributed by atoms with van der Waals surface area (Å²) in [5.41, 5.74) is 0.740. The third-order valence-electron chi connectivity index (χ3n) is 4.17. The van der Waals surface area contributed by atoms with Gasteiger partial charge in [0.25, 0.3) is 0 Å². The van der Waals surface area contributed by atoms with Gasteiger partial charge in [0.05, 0.1) is 17.1 Å². The molecule has 0 radical (unpaired) electrons. The number of ether oxygens (including phenoxy) is 1. The third kappa shape index (κ3) is 3.42. The van der Waals surface area contributed by atoms with Gasteiger partial charge in [-0.3, -0.25) is 4.79 Å². The Balaban J connectivity index is 1.84. The number of fused-ring (bicyclic) bond motifs is 1. The van der Waals surface area contributed by atoms with Gasteiger partial charge in [0.1, 0.15) is 18.4 Å². The highest BCUT2D eigenvalue weighted by Crippen LogP contribution is 2.32. The molecule has 3 rings (SSSR count). The van der Waals surface area contributed by atoms with Crippen molar-refractivity contribution in [3.8, 4) is 5.75 Å². The van der Waals surface area contributed by atoms with Crippen LogP contribution < -0.4 is 19.7 Å². The molecule has 2 heterocycles. The van der Waals surface area contributed by atoms with E-state index in [1.54, 1.807) is 12.1 Å². The fourth-order valence-corrected chi connectivity index (χ4v) is 4.05. The van der Waals surface area contributed by atoms with E-state index >= 15 is 0 Å². The van der Waals surface area contributed by atoms with Gasteiger partial charge in [-0.05, 0) is 37.5 Å². The molecule has 0 saturated carbocycles. The highest BCUT2D eigenvalue weighted by molar-refractivity contribution is 7.89. The zero-order valence-corrected chi connectivity index (χ0v) is 13.9. The maximum absolute atomic E-state index is 12.6. The lowest BCUT2D eigenvalue weighted by Crippen LogP contribution is -2.45. The molecule has 2 N–H and O–H groups in total. The summed E-state index contributed by atoms with van der Waals surface area (Å²) in [4.78, 5) is 14.0. The molecule has 0 bridgehead atoms. The van der Waals surface area contributed by atoms with Gasteiger partial charge >= 0.3 is 0 Å². The van der Waals surface area contributed by atoms with Crippen molar-refractivity contribution in [3.05, 3.63) is 18.2 Å². The highest BCUT2D eigenvalue weighted by atomic mass is 32.2. The molecule has 7 nitrogen and oxygen atoms in total. The molecule has 126 valence electrons. The predicted molar refractivity (Wildman–Crippen MR) is 86.2 cm³/mol. The monoisotopic (exact) mass is 339 g/mol. The van der Waals surface area contributed by atoms with Crippen LogP contribution in [0.15, 0.2) is 23.1 Å². The van der Waals surface area contributed by atoms with Gasteiger partial charge in [0.15, 0.2) is 0 Å². The van der Waals surface area contributed by atoms with Crippen LogP contribution in [-0.2, 0) is 14.8 Å². The molecule has 1 aromatic carbocycles. The zero-order chi connectivity index (χ0) is 16.4. The van der Waals surface area contributed by atoms with Crippen LogP contribution in [0.3, 0.4) is 0 Å². The van der Waals surface area contributed by atoms with Crippen molar-refractivity contribution in [1.29, 1.82) is 0 Å². The van der Waals surface area contributed by atoms with E-state index in [-0.39, 0.29) is 10.8 Å². The normalized spacial score (nSPS) is 21.9. The van der Waals surface area contributed by atoms with E-state index in [4.69, 9.17) is 4.74 Å². The number of benzene rings is 1. The van der Waals surface area contributed by atoms with Gasteiger partial charge in [-0.1, -0.05) is 0 Å². The van der Waals surface area contributed by atoms with Gasteiger partial charge in [-0.2, -0.15) is 4.72 Å². The topological polar surface area (TPSA) is 87.7 Å². The summed E-state index contributed by atoms with van der Waals surface area (Å²) in [7, 11) is -1.87. The van der Waals surface area contributed by atoms with Crippen LogP contribution >= 0.6 is 0 Å². The average molecular weight is 339 g/mol. The summed E-state index contributed by atoms with van der Waals surface area (Å²) in [6, 6.07) is 4.04. The largest absolute Gasteiger partial charge is 0.490 e. The second-order valence-corrected chi connectivity index (χ2v) is 7.57. The Kier molecular flexibility index (Phi) is 4.45. The number of likely N-dealkylation sites (N-methyl/N-ethyl adjacent to an activating group) is 1. The first kappa shape index (κ1) is 16.1. The molecule has 1 aromatic rings. The van der Waals surface area contributed by atoms with Crippen LogP contribution in [0.25, 0.3) is 0 Å². The highest BCUT2D eigenvalue weighted by Gasteiger charge is 2.28. The molecule has 2 aliphatic heterocycles. The quantitative estimate of drug-likeness (QED) is 0.835. The molecule has 0 aromatic heterocycles. The molecule has 2 aliphatic rings. The van der Waals surface area contributed by atoms with E-state index in [2.05, 4.69) is 10.0 Å². The average Bonchev–Trinajstić information content (AvgIpc) is 2.72. The molecule has 1 unspecified atom stereocenters. The summed E-state index contributed by atoms with van der Waals surface area (Å²) in [5, 5.41) is 2.73. The molecule has 1 fully saturated rings. The Hall–Kier alpha value is -1.80. The number of carbonyl (C=O) groups excluding carboxylic acids is 1. The van der Waals surface area contributed by atoms with Crippen molar-refractivity contribution in [2.75, 3.05) is 31.6 Å². The minimum Gasteiger partial charge on any atom is -0.490 e. The lowest BCUT2D eigenvalue weighted by molar-refractivity contribution is -0.122. The molecule has 1 atom stereocenters. The van der Waals surface area contributed by atoms with E-state index in [1.807, 2.05) is 11.9 Å². The summed E-state index contributed by atoms with van der Waals surface area (Å²) in [6.07, 6.45) is 2.19. The standard InChI is InChI=1S/C15H21N3O4S/c1-18-8-9-22-14-6-5-11(10-13(14)18)23(20,21)17-12-4-2-3-7-16-15(12)19/h5-6,10,12,17H,2-4,7-9H2,1H3,(H,16,19). The second-order valence-electron chi connectivity index (χ2n) is 5.86. The molecular formula is C15H21N3O4S. The van der Waals surface area contributed by atoms with Crippen molar-refractivity contribution >= 4 is 21.6 Å². The number of anilines is 1. The number of hydrogen-bond acceptors (Lipinski definition) is 5. The van der Waals surface area contributed by atoms with E-state index in [9.17, 15) is 13.2 Å². The van der Waals surface area contributed by atoms with E-state index < -0.39 is 16.1 Å². The molecule has 0 aliphatic carbocycles. The van der Waals surface area contributed by atoms with E-state index in [1.165, 1.54) is 6.07 Å². The van der Waals surface area contributed by atoms with Gasteiger partial charge in [-0.25, -0.2) is 8.42 Å². The Bertz CT molecular complexity index is 705. The first-order valence-electron chi connectivity index (χ1n) is 7.75. The second kappa shape index (κ2) is 6.37. The lowest BCUT2D eigenvalue weighted by atomic mass is 10.1. The molecule has 1 amide bonds. The van der Waals surface area contributed by atoms with Gasteiger partial charge in [-0.15, -0.1) is 0 Å². The molecular weight excluding hydrogens is 318 g/mol. The number of sulfonamides is 1. The van der Waals surface area contributed by atoms with Gasteiger partial charge in [0.2, 0.25) is 15.9 Å². The molecule has 1 saturated heterocycles. The van der Waals surface area contributed by atoms with E-state index in [0.29, 0.717) is 31.9 Å². The predicted octanol–water partition coefficient (Wildman–Crippen LogP) is 0.462. The Morgan fingerprint density at radius 1 is 1.35 bits per heavy atom. The van der Waals surface area contributed by atoms with E-state index in [0.717, 1.165) is 18.5 Å². The number of carbonyl (C=O) groups is 1. The first-order chi connectivity index (χ1) is 11.0. The van der Waals surface area contributed by atoms with Gasteiger partial charge < -0.3 is 15.0 Å². The molecule has 0 spiro atoms. The van der Waals surface area contributed by atoms with Crippen LogP contribution in [0, 0.1) is 0 Å². The summed E-state index contributed by atoms with van der Waals surface area (Å²) in [6.45, 7) is 1.88. The number of hydrogen-bond donors (Lipinski definition) is 2. The van der Waals surface area contributed by atoms with Crippen LogP contribution in [0.2, 0.25) is 0 Å². The maximum atomic E-state index is 12.6. The van der Waals surface area contributed by atoms with Crippen molar-refractivity contribution < 1.29 is 17.9 Å². The van der Waals surface area contributed by atoms with Crippen molar-refractivity contribution in [1.82, 2.24) is 10.0 Å². The van der Waals surface area contributed by atoms with Crippen molar-refractivity contribution in [2.45, 2.75) is 30.2 Å². The molecule has 8 heteroatoms. The number of nitrogens with zero attached hydrogens (tertiary/aromatic N) is 1. The zero-order valence-electron chi connectivity index (χ0n) is 13.0. The molecule has 23 heavy (non-hydrogen) atoms. The summed E-state index contributed by atoms with van der Waals surface area (Å²) < 4.78 is 33.2. The number of rotatable bonds is 3. The minimum atomic E-state index is -3.76. The SMILES string of the molecule is CN1CCOc2ccc(S(=O)(=O)NC3CCCCNC3=O)cc21. The number of nitrogens with one attached hydrogen (secondary N) is 2. The fourth-order valence-electron chi connectivity index (χ4n) is 2.80. The fraction of sp³-hybridized carbons (Fsp3) is 0.533. The van der Waals surface area contributed by atoms with Crippen molar-refractivity contribution in [2.24, 2.45) is 0 Å². The van der Waals surface area contributed by atoms with Crippen LogP contribution in [0.5, 0.6) is 5.75 Å². The first-order valence-corrected chi connectivity index (χ1v) is 9.24. The lowest BCUT2D eigenvalue weighted by Gasteiger charge is -2.28. The third-order valence-corrected chi connectivity index (χ3v) is 5.64. The Morgan fingerprint density at radius 2 is 2.17 bits per heavy atom. The van der Waals surface area contributed by atoms with Crippen LogP contribution in [0.1, 0.15) is 19.3 Å². The summed E-state index contributed by atoms with van der Waals surface area (Å²) in [5.74, 6) is 0.411.